The van der Waals surface area contributed by atoms with Crippen LogP contribution in [0.15, 0.2) is 24.3 Å². The average molecular weight is 265 g/mol. The molecule has 0 bridgehead atoms. The number of nitro groups is 1. The first-order valence-electron chi connectivity index (χ1n) is 5.75. The van der Waals surface area contributed by atoms with Crippen molar-refractivity contribution in [3.05, 3.63) is 39.9 Å². The number of methoxy groups -OCH3 is 1. The number of carbonyl (C=O) groups is 2. The van der Waals surface area contributed by atoms with Crippen molar-refractivity contribution in [3.63, 3.8) is 0 Å². The molecule has 0 saturated carbocycles. The Bertz CT molecular complexity index is 510. The van der Waals surface area contributed by atoms with Gasteiger partial charge in [0, 0.05) is 12.0 Å². The Kier molecular flexibility index (Phi) is 4.74. The van der Waals surface area contributed by atoms with Crippen LogP contribution >= 0.6 is 0 Å². The fraction of sp³-hybridized carbons (Fsp3) is 0.385. The number of benzene rings is 1. The van der Waals surface area contributed by atoms with Crippen molar-refractivity contribution in [1.29, 1.82) is 0 Å². The van der Waals surface area contributed by atoms with Gasteiger partial charge < -0.3 is 4.74 Å². The van der Waals surface area contributed by atoms with E-state index < -0.39 is 28.5 Å². The molecule has 0 fully saturated rings. The van der Waals surface area contributed by atoms with E-state index in [1.165, 1.54) is 18.2 Å². The lowest BCUT2D eigenvalue weighted by molar-refractivity contribution is -0.385. The fourth-order valence-corrected chi connectivity index (χ4v) is 1.75. The molecule has 0 heterocycles. The lowest BCUT2D eigenvalue weighted by atomic mass is 9.88. The highest BCUT2D eigenvalue weighted by atomic mass is 16.6. The van der Waals surface area contributed by atoms with E-state index in [1.54, 1.807) is 19.9 Å². The van der Waals surface area contributed by atoms with Crippen LogP contribution in [0.3, 0.4) is 0 Å². The van der Waals surface area contributed by atoms with Crippen LogP contribution in [-0.4, -0.2) is 23.8 Å². The predicted octanol–water partition coefficient (Wildman–Crippen LogP) is 2.08. The summed E-state index contributed by atoms with van der Waals surface area (Å²) in [5.41, 5.74) is -0.190. The molecule has 0 aliphatic carbocycles. The van der Waals surface area contributed by atoms with E-state index in [9.17, 15) is 19.7 Å². The molecular formula is C13H15NO5. The third kappa shape index (κ3) is 3.15. The number of nitrogens with zero attached hydrogens (tertiary/aromatic N) is 1. The Morgan fingerprint density at radius 3 is 2.32 bits per heavy atom. The van der Waals surface area contributed by atoms with Gasteiger partial charge in [0.25, 0.3) is 5.69 Å². The first-order valence-corrected chi connectivity index (χ1v) is 5.75. The lowest BCUT2D eigenvalue weighted by Gasteiger charge is -2.16. The summed E-state index contributed by atoms with van der Waals surface area (Å²) >= 11 is 0. The zero-order chi connectivity index (χ0) is 14.6. The van der Waals surface area contributed by atoms with Gasteiger partial charge in [-0.1, -0.05) is 32.0 Å². The van der Waals surface area contributed by atoms with E-state index in [-0.39, 0.29) is 11.3 Å². The number of hydrogen-bond donors (Lipinski definition) is 0. The van der Waals surface area contributed by atoms with Gasteiger partial charge in [0.2, 0.25) is 0 Å². The molecular weight excluding hydrogens is 250 g/mol. The van der Waals surface area contributed by atoms with Crippen LogP contribution in [0.1, 0.15) is 25.3 Å². The van der Waals surface area contributed by atoms with Gasteiger partial charge >= 0.3 is 5.97 Å². The van der Waals surface area contributed by atoms with Gasteiger partial charge in [-0.15, -0.1) is 0 Å². The Labute approximate surface area is 110 Å². The van der Waals surface area contributed by atoms with Crippen molar-refractivity contribution in [3.8, 4) is 0 Å². The zero-order valence-corrected chi connectivity index (χ0v) is 11.0. The van der Waals surface area contributed by atoms with Gasteiger partial charge in [-0.2, -0.15) is 0 Å². The first-order chi connectivity index (χ1) is 8.90. The molecule has 1 aromatic rings. The van der Waals surface area contributed by atoms with E-state index in [1.807, 2.05) is 0 Å². The van der Waals surface area contributed by atoms with E-state index >= 15 is 0 Å². The molecule has 0 saturated heterocycles. The summed E-state index contributed by atoms with van der Waals surface area (Å²) in [5, 5.41) is 11.0. The number of ether oxygens (including phenoxy) is 1. The van der Waals surface area contributed by atoms with Gasteiger partial charge in [0.05, 0.1) is 17.6 Å². The quantitative estimate of drug-likeness (QED) is 0.352. The minimum atomic E-state index is -1.26. The Morgan fingerprint density at radius 1 is 1.26 bits per heavy atom. The number of carbonyl (C=O) groups excluding carboxylic acids is 2. The highest BCUT2D eigenvalue weighted by Gasteiger charge is 2.35. The average Bonchev–Trinajstić information content (AvgIpc) is 2.38. The van der Waals surface area contributed by atoms with Crippen LogP contribution in [0.4, 0.5) is 5.69 Å². The van der Waals surface area contributed by atoms with Crippen LogP contribution in [-0.2, 0) is 14.3 Å². The molecule has 6 nitrogen and oxygen atoms in total. The van der Waals surface area contributed by atoms with Crippen molar-refractivity contribution in [2.75, 3.05) is 7.11 Å². The second-order valence-corrected chi connectivity index (χ2v) is 4.33. The number of Topliss-reactive ketones (excluding diaryl/α,β-unsaturated/α-hetero) is 1. The molecule has 0 radical (unpaired) electrons. The Morgan fingerprint density at radius 2 is 1.84 bits per heavy atom. The van der Waals surface area contributed by atoms with Crippen LogP contribution in [0, 0.1) is 16.0 Å². The maximum atomic E-state index is 12.1. The summed E-state index contributed by atoms with van der Waals surface area (Å²) in [5.74, 6) is -2.87. The molecule has 1 aromatic carbocycles. The molecule has 0 N–H and O–H groups in total. The molecule has 19 heavy (non-hydrogen) atoms. The third-order valence-corrected chi connectivity index (χ3v) is 2.73. The number of para-hydroxylation sites is 1. The van der Waals surface area contributed by atoms with Crippen LogP contribution < -0.4 is 0 Å². The summed E-state index contributed by atoms with van der Waals surface area (Å²) in [6.07, 6.45) is 0. The number of esters is 1. The standard InChI is InChI=1S/C13H15NO5/c1-8(2)12(15)11(13(16)19-3)9-6-4-5-7-10(9)14(17)18/h4-8,11H,1-3H3. The third-order valence-electron chi connectivity index (χ3n) is 2.73. The topological polar surface area (TPSA) is 86.5 Å². The SMILES string of the molecule is COC(=O)C(C(=O)C(C)C)c1ccccc1[N+](=O)[O-]. The van der Waals surface area contributed by atoms with Gasteiger partial charge in [-0.3, -0.25) is 19.7 Å². The highest BCUT2D eigenvalue weighted by Crippen LogP contribution is 2.29. The van der Waals surface area contributed by atoms with Crippen molar-refractivity contribution >= 4 is 17.4 Å². The molecule has 0 spiro atoms. The predicted molar refractivity (Wildman–Crippen MR) is 67.7 cm³/mol. The number of nitro benzene ring substituents is 1. The van der Waals surface area contributed by atoms with Gasteiger partial charge in [-0.25, -0.2) is 0 Å². The highest BCUT2D eigenvalue weighted by molar-refractivity contribution is 6.06. The smallest absolute Gasteiger partial charge is 0.321 e. The second-order valence-electron chi connectivity index (χ2n) is 4.33. The number of ketones is 1. The minimum Gasteiger partial charge on any atom is -0.468 e. The van der Waals surface area contributed by atoms with Gasteiger partial charge in [-0.05, 0) is 0 Å². The molecule has 6 heteroatoms. The summed E-state index contributed by atoms with van der Waals surface area (Å²) in [6, 6.07) is 5.70. The van der Waals surface area contributed by atoms with E-state index in [0.717, 1.165) is 7.11 Å². The summed E-state index contributed by atoms with van der Waals surface area (Å²) in [4.78, 5) is 34.2. The Balaban J connectivity index is 3.37. The molecule has 102 valence electrons. The van der Waals surface area contributed by atoms with E-state index in [2.05, 4.69) is 4.74 Å². The summed E-state index contributed by atoms with van der Waals surface area (Å²) in [6.45, 7) is 3.26. The zero-order valence-electron chi connectivity index (χ0n) is 11.0. The molecule has 0 aliphatic heterocycles. The normalized spacial score (nSPS) is 12.0. The van der Waals surface area contributed by atoms with Crippen molar-refractivity contribution in [2.24, 2.45) is 5.92 Å². The Hall–Kier alpha value is -2.24. The maximum Gasteiger partial charge on any atom is 0.321 e. The summed E-state index contributed by atoms with van der Waals surface area (Å²) in [7, 11) is 1.15. The number of hydrogen-bond acceptors (Lipinski definition) is 5. The molecule has 1 unspecified atom stereocenters. The van der Waals surface area contributed by atoms with Crippen molar-refractivity contribution in [2.45, 2.75) is 19.8 Å². The molecule has 1 atom stereocenters. The monoisotopic (exact) mass is 265 g/mol. The van der Waals surface area contributed by atoms with Crippen molar-refractivity contribution in [1.82, 2.24) is 0 Å². The van der Waals surface area contributed by atoms with Gasteiger partial charge in [0.15, 0.2) is 5.78 Å². The lowest BCUT2D eigenvalue weighted by Crippen LogP contribution is -2.27. The molecule has 1 rings (SSSR count). The van der Waals surface area contributed by atoms with Crippen LogP contribution in [0.2, 0.25) is 0 Å². The van der Waals surface area contributed by atoms with Crippen LogP contribution in [0.5, 0.6) is 0 Å². The molecule has 0 amide bonds. The maximum absolute atomic E-state index is 12.1. The molecule has 0 aliphatic rings. The number of rotatable bonds is 5. The first kappa shape index (κ1) is 14.8. The minimum absolute atomic E-state index is 0.0676. The van der Waals surface area contributed by atoms with E-state index in [4.69, 9.17) is 0 Å². The second kappa shape index (κ2) is 6.08. The fourth-order valence-electron chi connectivity index (χ4n) is 1.75. The van der Waals surface area contributed by atoms with Crippen molar-refractivity contribution < 1.29 is 19.2 Å². The van der Waals surface area contributed by atoms with Crippen LogP contribution in [0.25, 0.3) is 0 Å². The largest absolute Gasteiger partial charge is 0.468 e. The molecule has 0 aromatic heterocycles. The van der Waals surface area contributed by atoms with E-state index in [0.29, 0.717) is 0 Å². The van der Waals surface area contributed by atoms with Gasteiger partial charge in [0.1, 0.15) is 5.92 Å². The summed E-state index contributed by atoms with van der Waals surface area (Å²) < 4.78 is 4.59.